The third kappa shape index (κ3) is 3.05. The molecular weight excluding hydrogens is 436 g/mol. The van der Waals surface area contributed by atoms with Crippen LogP contribution >= 0.6 is 0 Å². The van der Waals surface area contributed by atoms with Crippen LogP contribution in [0.1, 0.15) is 23.2 Å². The predicted molar refractivity (Wildman–Crippen MR) is 126 cm³/mol. The lowest BCUT2D eigenvalue weighted by Crippen LogP contribution is -3.00. The van der Waals surface area contributed by atoms with Crippen LogP contribution < -0.4 is 23.5 Å². The molecule has 2 aromatic heterocycles. The Morgan fingerprint density at radius 1 is 0.970 bits per heavy atom. The van der Waals surface area contributed by atoms with Gasteiger partial charge in [-0.2, -0.15) is 0 Å². The molecular formula is C26H24ClN4O2-. The second kappa shape index (κ2) is 7.90. The maximum Gasteiger partial charge on any atom is 0.259 e. The lowest BCUT2D eigenvalue weighted by Gasteiger charge is -2.24. The van der Waals surface area contributed by atoms with Gasteiger partial charge in [-0.05, 0) is 37.4 Å². The summed E-state index contributed by atoms with van der Waals surface area (Å²) in [6, 6.07) is 16.1. The molecule has 0 bridgehead atoms. The van der Waals surface area contributed by atoms with Crippen LogP contribution in [0.2, 0.25) is 0 Å². The largest absolute Gasteiger partial charge is 1.00 e. The number of para-hydroxylation sites is 2. The molecule has 2 aliphatic rings. The minimum absolute atomic E-state index is 0. The molecule has 0 saturated carbocycles. The number of rotatable bonds is 3. The monoisotopic (exact) mass is 459 g/mol. The Labute approximate surface area is 197 Å². The van der Waals surface area contributed by atoms with Crippen molar-refractivity contribution in [3.63, 3.8) is 0 Å². The molecule has 1 unspecified atom stereocenters. The zero-order chi connectivity index (χ0) is 22.0. The Hall–Kier alpha value is -3.35. The van der Waals surface area contributed by atoms with Crippen molar-refractivity contribution >= 4 is 44.8 Å². The Bertz CT molecular complexity index is 1480. The van der Waals surface area contributed by atoms with E-state index in [4.69, 9.17) is 5.73 Å². The first-order valence-electron chi connectivity index (χ1n) is 11.0. The minimum atomic E-state index is -0.337. The fourth-order valence-electron chi connectivity index (χ4n) is 5.48. The third-order valence-corrected chi connectivity index (χ3v) is 7.00. The number of nitrogens with zero attached hydrogens (tertiary/aromatic N) is 2. The number of fused-ring (bicyclic) bond motifs is 4. The van der Waals surface area contributed by atoms with E-state index in [-0.39, 0.29) is 24.2 Å². The fraction of sp³-hybridized carbons (Fsp3) is 0.231. The summed E-state index contributed by atoms with van der Waals surface area (Å²) in [7, 11) is 1.96. The molecule has 6 nitrogen and oxygen atoms in total. The Morgan fingerprint density at radius 3 is 2.39 bits per heavy atom. The molecule has 7 heteroatoms. The number of aryl methyl sites for hydroxylation is 2. The van der Waals surface area contributed by atoms with Crippen LogP contribution in [0.15, 0.2) is 54.7 Å². The topological polar surface area (TPSA) is 82.0 Å². The predicted octanol–water partition coefficient (Wildman–Crippen LogP) is 0.225. The molecule has 0 radical (unpaired) electrons. The van der Waals surface area contributed by atoms with Gasteiger partial charge >= 0.3 is 0 Å². The van der Waals surface area contributed by atoms with Crippen molar-refractivity contribution < 1.29 is 22.0 Å². The average Bonchev–Trinajstić information content (AvgIpc) is 3.41. The van der Waals surface area contributed by atoms with Crippen LogP contribution in [0.5, 0.6) is 0 Å². The van der Waals surface area contributed by atoms with E-state index in [9.17, 15) is 9.59 Å². The summed E-state index contributed by atoms with van der Waals surface area (Å²) in [6.45, 7) is 1.48. The number of carbonyl (C=O) groups excluding carboxylic acids is 2. The van der Waals surface area contributed by atoms with Gasteiger partial charge < -0.3 is 27.3 Å². The quantitative estimate of drug-likeness (QED) is 0.430. The summed E-state index contributed by atoms with van der Waals surface area (Å²) in [4.78, 5) is 26.4. The summed E-state index contributed by atoms with van der Waals surface area (Å²) >= 11 is 0. The van der Waals surface area contributed by atoms with Crippen LogP contribution in [-0.2, 0) is 29.6 Å². The number of nitrogens with two attached hydrogens (primary N) is 1. The van der Waals surface area contributed by atoms with E-state index in [2.05, 4.69) is 22.0 Å². The molecule has 33 heavy (non-hydrogen) atoms. The minimum Gasteiger partial charge on any atom is -1.00 e. The molecule has 3 N–H and O–H groups in total. The Balaban J connectivity index is 0.00000228. The van der Waals surface area contributed by atoms with Gasteiger partial charge in [-0.15, -0.1) is 0 Å². The zero-order valence-corrected chi connectivity index (χ0v) is 19.0. The van der Waals surface area contributed by atoms with Crippen molar-refractivity contribution in [1.29, 1.82) is 0 Å². The van der Waals surface area contributed by atoms with Gasteiger partial charge in [0.2, 0.25) is 0 Å². The summed E-state index contributed by atoms with van der Waals surface area (Å²) in [6.07, 6.45) is 3.77. The van der Waals surface area contributed by atoms with Crippen molar-refractivity contribution in [2.24, 2.45) is 18.7 Å². The van der Waals surface area contributed by atoms with E-state index >= 15 is 0 Å². The molecule has 0 fully saturated rings. The Morgan fingerprint density at radius 2 is 1.64 bits per heavy atom. The van der Waals surface area contributed by atoms with Crippen molar-refractivity contribution in [2.75, 3.05) is 6.54 Å². The van der Waals surface area contributed by atoms with Crippen molar-refractivity contribution in [1.82, 2.24) is 14.5 Å². The molecule has 0 spiro atoms. The van der Waals surface area contributed by atoms with Gasteiger partial charge in [0.1, 0.15) is 0 Å². The van der Waals surface area contributed by atoms with Gasteiger partial charge in [-0.25, -0.2) is 0 Å². The molecule has 4 heterocycles. The number of hydrogen-bond acceptors (Lipinski definition) is 3. The number of aromatic nitrogens is 2. The molecule has 6 rings (SSSR count). The van der Waals surface area contributed by atoms with Gasteiger partial charge in [0.25, 0.3) is 11.8 Å². The summed E-state index contributed by atoms with van der Waals surface area (Å²) in [5.41, 5.74) is 11.9. The van der Waals surface area contributed by atoms with E-state index in [0.29, 0.717) is 23.6 Å². The lowest BCUT2D eigenvalue weighted by molar-refractivity contribution is -0.122. The van der Waals surface area contributed by atoms with E-state index in [1.54, 1.807) is 0 Å². The summed E-state index contributed by atoms with van der Waals surface area (Å²) < 4.78 is 4.31. The molecule has 2 aromatic carbocycles. The maximum absolute atomic E-state index is 13.3. The van der Waals surface area contributed by atoms with Crippen LogP contribution in [0.4, 0.5) is 0 Å². The van der Waals surface area contributed by atoms with Crippen molar-refractivity contribution in [2.45, 2.75) is 19.4 Å². The maximum atomic E-state index is 13.3. The van der Waals surface area contributed by atoms with Gasteiger partial charge in [0.05, 0.1) is 11.1 Å². The fourth-order valence-corrected chi connectivity index (χ4v) is 5.48. The van der Waals surface area contributed by atoms with Gasteiger partial charge in [-0.1, -0.05) is 36.4 Å². The third-order valence-electron chi connectivity index (χ3n) is 7.00. The molecule has 2 aliphatic heterocycles. The first-order valence-corrected chi connectivity index (χ1v) is 11.0. The molecule has 168 valence electrons. The van der Waals surface area contributed by atoms with E-state index in [1.165, 1.54) is 0 Å². The molecule has 1 atom stereocenters. The molecule has 0 saturated heterocycles. The number of nitrogens with one attached hydrogen (secondary N) is 1. The van der Waals surface area contributed by atoms with E-state index in [1.807, 2.05) is 54.2 Å². The van der Waals surface area contributed by atoms with E-state index < -0.39 is 0 Å². The lowest BCUT2D eigenvalue weighted by atomic mass is 9.89. The number of imide groups is 1. The van der Waals surface area contributed by atoms with Crippen molar-refractivity contribution in [3.05, 3.63) is 71.5 Å². The highest BCUT2D eigenvalue weighted by Crippen LogP contribution is 2.42. The number of halogens is 1. The number of carbonyl (C=O) groups is 2. The number of hydrogen-bond donors (Lipinski definition) is 2. The highest BCUT2D eigenvalue weighted by Gasteiger charge is 2.38. The smallest absolute Gasteiger partial charge is 0.259 e. The van der Waals surface area contributed by atoms with E-state index in [0.717, 1.165) is 58.0 Å². The Kier molecular flexibility index (Phi) is 5.15. The second-order valence-electron chi connectivity index (χ2n) is 8.79. The first-order chi connectivity index (χ1) is 15.6. The number of benzene rings is 2. The first kappa shape index (κ1) is 21.5. The van der Waals surface area contributed by atoms with Crippen LogP contribution in [-0.4, -0.2) is 27.5 Å². The van der Waals surface area contributed by atoms with Gasteiger partial charge in [0.15, 0.2) is 0 Å². The van der Waals surface area contributed by atoms with Gasteiger partial charge in [0, 0.05) is 58.4 Å². The molecule has 2 amide bonds. The van der Waals surface area contributed by atoms with Crippen LogP contribution in [0, 0.1) is 5.92 Å². The average molecular weight is 460 g/mol. The zero-order valence-electron chi connectivity index (χ0n) is 18.3. The van der Waals surface area contributed by atoms with Crippen LogP contribution in [0.25, 0.3) is 33.0 Å². The summed E-state index contributed by atoms with van der Waals surface area (Å²) in [5, 5.41) is 4.55. The molecule has 0 aliphatic carbocycles. The standard InChI is InChI=1S/C26H24N4O2.ClH/c1-29-14-18(16-6-2-4-8-19(16)29)23-24(26(32)28-25(23)31)22-17-7-3-5-9-20(17)30-11-10-15(13-27)12-21(22)30;/h2-9,14-15H,10-13,27H2,1H3,(H,28,31,32);1H/p-1. The number of amides is 2. The normalized spacial score (nSPS) is 18.1. The SMILES string of the molecule is Cn1cc(C2=C(c3c4n(c5ccccc35)CCC(CN)C4)C(=O)NC2=O)c2ccccc21.[Cl-]. The van der Waals surface area contributed by atoms with Gasteiger partial charge in [-0.3, -0.25) is 14.9 Å². The molecule has 4 aromatic rings. The highest BCUT2D eigenvalue weighted by atomic mass is 35.5. The van der Waals surface area contributed by atoms with Crippen molar-refractivity contribution in [3.8, 4) is 0 Å². The highest BCUT2D eigenvalue weighted by molar-refractivity contribution is 6.51. The van der Waals surface area contributed by atoms with Crippen LogP contribution in [0.3, 0.4) is 0 Å². The second-order valence-corrected chi connectivity index (χ2v) is 8.79. The summed E-state index contributed by atoms with van der Waals surface area (Å²) in [5.74, 6) is -0.295.